The summed E-state index contributed by atoms with van der Waals surface area (Å²) < 4.78 is 42.3. The van der Waals surface area contributed by atoms with Crippen molar-refractivity contribution in [1.29, 1.82) is 0 Å². The van der Waals surface area contributed by atoms with Gasteiger partial charge in [-0.1, -0.05) is 36.4 Å². The fraction of sp³-hybridized carbons (Fsp3) is 0.217. The molecule has 170 valence electrons. The van der Waals surface area contributed by atoms with Crippen molar-refractivity contribution in [1.82, 2.24) is 24.6 Å². The second-order valence-corrected chi connectivity index (χ2v) is 7.51. The Morgan fingerprint density at radius 1 is 1.09 bits per heavy atom. The van der Waals surface area contributed by atoms with Gasteiger partial charge in [0.2, 0.25) is 0 Å². The number of nitrogens with one attached hydrogen (secondary N) is 1. The molecule has 0 saturated carbocycles. The van der Waals surface area contributed by atoms with Gasteiger partial charge >= 0.3 is 6.18 Å². The van der Waals surface area contributed by atoms with Crippen LogP contribution < -0.4 is 10.9 Å². The Morgan fingerprint density at radius 2 is 1.82 bits per heavy atom. The lowest BCUT2D eigenvalue weighted by molar-refractivity contribution is -0.137. The van der Waals surface area contributed by atoms with Crippen LogP contribution in [-0.4, -0.2) is 31.8 Å². The topological polar surface area (TPSA) is 81.8 Å². The Kier molecular flexibility index (Phi) is 5.99. The number of fused-ring (bicyclic) bond motifs is 1. The molecule has 7 nitrogen and oxygen atoms in total. The third-order valence-corrected chi connectivity index (χ3v) is 5.31. The molecule has 0 aliphatic carbocycles. The summed E-state index contributed by atoms with van der Waals surface area (Å²) in [5.41, 5.74) is 0.692. The fourth-order valence-electron chi connectivity index (χ4n) is 3.54. The predicted octanol–water partition coefficient (Wildman–Crippen LogP) is 3.40. The van der Waals surface area contributed by atoms with Gasteiger partial charge in [0.05, 0.1) is 30.4 Å². The lowest BCUT2D eigenvalue weighted by Crippen LogP contribution is -2.29. The second-order valence-electron chi connectivity index (χ2n) is 7.51. The summed E-state index contributed by atoms with van der Waals surface area (Å²) in [4.78, 5) is 29.5. The van der Waals surface area contributed by atoms with Crippen molar-refractivity contribution in [3.05, 3.63) is 93.7 Å². The highest BCUT2D eigenvalue weighted by Gasteiger charge is 2.34. The van der Waals surface area contributed by atoms with Crippen LogP contribution >= 0.6 is 0 Å². The number of nitrogens with zero attached hydrogens (tertiary/aromatic N) is 4. The fourth-order valence-corrected chi connectivity index (χ4v) is 3.54. The largest absolute Gasteiger partial charge is 0.417 e. The van der Waals surface area contributed by atoms with Crippen LogP contribution in [0.1, 0.15) is 27.0 Å². The Balaban J connectivity index is 1.47. The molecule has 2 aromatic carbocycles. The van der Waals surface area contributed by atoms with Gasteiger partial charge in [0.1, 0.15) is 11.7 Å². The molecule has 0 fully saturated rings. The number of alkyl halides is 3. The van der Waals surface area contributed by atoms with Crippen LogP contribution in [0.15, 0.2) is 65.8 Å². The van der Waals surface area contributed by atoms with Crippen molar-refractivity contribution in [3.63, 3.8) is 0 Å². The molecule has 0 aliphatic heterocycles. The molecule has 4 rings (SSSR count). The summed E-state index contributed by atoms with van der Waals surface area (Å²) >= 11 is 0. The highest BCUT2D eigenvalue weighted by Crippen LogP contribution is 2.31. The zero-order valence-electron chi connectivity index (χ0n) is 17.6. The number of hydrogen-bond donors (Lipinski definition) is 1. The Labute approximate surface area is 186 Å². The van der Waals surface area contributed by atoms with Crippen molar-refractivity contribution >= 4 is 16.9 Å². The maximum atomic E-state index is 13.1. The molecule has 0 bridgehead atoms. The zero-order chi connectivity index (χ0) is 23.6. The van der Waals surface area contributed by atoms with E-state index >= 15 is 0 Å². The first-order chi connectivity index (χ1) is 15.8. The molecule has 0 spiro atoms. The number of benzene rings is 2. The Bertz CT molecular complexity index is 1370. The second kappa shape index (κ2) is 8.89. The lowest BCUT2D eigenvalue weighted by atomic mass is 10.1. The van der Waals surface area contributed by atoms with E-state index in [-0.39, 0.29) is 18.6 Å². The van der Waals surface area contributed by atoms with Gasteiger partial charge in [-0.25, -0.2) is 9.67 Å². The van der Waals surface area contributed by atoms with Crippen molar-refractivity contribution in [3.8, 4) is 0 Å². The monoisotopic (exact) mass is 455 g/mol. The molecule has 1 amide bonds. The summed E-state index contributed by atoms with van der Waals surface area (Å²) in [6.07, 6.45) is -1.79. The molecule has 0 radical (unpaired) electrons. The van der Waals surface area contributed by atoms with Crippen molar-refractivity contribution in [2.75, 3.05) is 6.54 Å². The maximum absolute atomic E-state index is 13.1. The van der Waals surface area contributed by atoms with Crippen LogP contribution in [0, 0.1) is 6.92 Å². The molecule has 4 aromatic rings. The van der Waals surface area contributed by atoms with Crippen LogP contribution in [-0.2, 0) is 19.3 Å². The lowest BCUT2D eigenvalue weighted by Gasteiger charge is -2.12. The number of halogens is 3. The summed E-state index contributed by atoms with van der Waals surface area (Å²) in [6.45, 7) is 2.48. The van der Waals surface area contributed by atoms with Crippen LogP contribution in [0.5, 0.6) is 0 Å². The van der Waals surface area contributed by atoms with E-state index < -0.39 is 23.2 Å². The summed E-state index contributed by atoms with van der Waals surface area (Å²) in [7, 11) is 0. The van der Waals surface area contributed by atoms with E-state index in [1.54, 1.807) is 0 Å². The van der Waals surface area contributed by atoms with Crippen LogP contribution in [0.25, 0.3) is 11.0 Å². The Morgan fingerprint density at radius 3 is 2.58 bits per heavy atom. The highest BCUT2D eigenvalue weighted by molar-refractivity contribution is 5.95. The zero-order valence-corrected chi connectivity index (χ0v) is 17.6. The highest BCUT2D eigenvalue weighted by atomic mass is 19.4. The van der Waals surface area contributed by atoms with Gasteiger partial charge in [-0.3, -0.25) is 14.2 Å². The molecular weight excluding hydrogens is 435 g/mol. The normalized spacial score (nSPS) is 11.6. The minimum Gasteiger partial charge on any atom is -0.350 e. The molecule has 0 saturated heterocycles. The molecule has 2 aromatic heterocycles. The van der Waals surface area contributed by atoms with Gasteiger partial charge < -0.3 is 5.32 Å². The summed E-state index contributed by atoms with van der Waals surface area (Å²) in [5, 5.41) is 6.95. The van der Waals surface area contributed by atoms with E-state index in [4.69, 9.17) is 0 Å². The standard InChI is InChI=1S/C23H20F3N5O2/c1-15-6-2-3-7-16(15)13-30-14-28-20-18(22(30)33)12-29-31(20)11-10-27-21(32)17-8-4-5-9-19(17)23(24,25)26/h2-9,12,14H,10-11,13H2,1H3,(H,27,32). The molecule has 0 aliphatic rings. The molecule has 0 unspecified atom stereocenters. The van der Waals surface area contributed by atoms with Crippen LogP contribution in [0.4, 0.5) is 13.2 Å². The smallest absolute Gasteiger partial charge is 0.350 e. The average Bonchev–Trinajstić information content (AvgIpc) is 3.20. The van der Waals surface area contributed by atoms with E-state index in [2.05, 4.69) is 15.4 Å². The van der Waals surface area contributed by atoms with Crippen molar-refractivity contribution in [2.24, 2.45) is 0 Å². The predicted molar refractivity (Wildman–Crippen MR) is 116 cm³/mol. The molecule has 2 heterocycles. The summed E-state index contributed by atoms with van der Waals surface area (Å²) in [6, 6.07) is 12.3. The number of hydrogen-bond acceptors (Lipinski definition) is 4. The van der Waals surface area contributed by atoms with Gasteiger partial charge in [0.15, 0.2) is 5.65 Å². The third kappa shape index (κ3) is 4.64. The number of aromatic nitrogens is 4. The van der Waals surface area contributed by atoms with Gasteiger partial charge in [-0.15, -0.1) is 0 Å². The molecule has 0 atom stereocenters. The van der Waals surface area contributed by atoms with Gasteiger partial charge in [0, 0.05) is 6.54 Å². The minimum atomic E-state index is -4.63. The minimum absolute atomic E-state index is 0.00970. The van der Waals surface area contributed by atoms with E-state index in [0.717, 1.165) is 23.3 Å². The van der Waals surface area contributed by atoms with Crippen molar-refractivity contribution < 1.29 is 18.0 Å². The van der Waals surface area contributed by atoms with E-state index in [1.165, 1.54) is 33.9 Å². The first-order valence-electron chi connectivity index (χ1n) is 10.2. The Hall–Kier alpha value is -3.95. The van der Waals surface area contributed by atoms with E-state index in [0.29, 0.717) is 17.6 Å². The average molecular weight is 455 g/mol. The van der Waals surface area contributed by atoms with E-state index in [1.807, 2.05) is 31.2 Å². The first kappa shape index (κ1) is 22.3. The first-order valence-corrected chi connectivity index (χ1v) is 10.2. The van der Waals surface area contributed by atoms with Gasteiger partial charge in [0.25, 0.3) is 11.5 Å². The van der Waals surface area contributed by atoms with E-state index in [9.17, 15) is 22.8 Å². The molecule has 33 heavy (non-hydrogen) atoms. The quantitative estimate of drug-likeness (QED) is 0.483. The third-order valence-electron chi connectivity index (χ3n) is 5.31. The molecular formula is C23H20F3N5O2. The number of rotatable bonds is 6. The van der Waals surface area contributed by atoms with Crippen LogP contribution in [0.3, 0.4) is 0 Å². The SMILES string of the molecule is Cc1ccccc1Cn1cnc2c(cnn2CCNC(=O)c2ccccc2C(F)(F)F)c1=O. The number of carbonyl (C=O) groups excluding carboxylic acids is 1. The van der Waals surface area contributed by atoms with Gasteiger partial charge in [-0.2, -0.15) is 18.3 Å². The summed E-state index contributed by atoms with van der Waals surface area (Å²) in [5.74, 6) is -0.840. The number of amides is 1. The van der Waals surface area contributed by atoms with Crippen molar-refractivity contribution in [2.45, 2.75) is 26.2 Å². The van der Waals surface area contributed by atoms with Crippen LogP contribution in [0.2, 0.25) is 0 Å². The molecule has 10 heteroatoms. The number of aryl methyl sites for hydroxylation is 1. The number of carbonyl (C=O) groups is 1. The maximum Gasteiger partial charge on any atom is 0.417 e. The molecule has 1 N–H and O–H groups in total. The van der Waals surface area contributed by atoms with Gasteiger partial charge in [-0.05, 0) is 30.2 Å².